The molecule has 5 nitrogen and oxygen atoms in total. The van der Waals surface area contributed by atoms with Gasteiger partial charge in [-0.15, -0.1) is 0 Å². The monoisotopic (exact) mass is 400 g/mol. The van der Waals surface area contributed by atoms with E-state index < -0.39 is 0 Å². The lowest BCUT2D eigenvalue weighted by atomic mass is 9.96. The second kappa shape index (κ2) is 10.3. The molecule has 1 aliphatic heterocycles. The zero-order valence-corrected chi connectivity index (χ0v) is 17.1. The molecule has 2 aromatic rings. The molecule has 2 aromatic carbocycles. The van der Waals surface area contributed by atoms with Gasteiger partial charge in [0.05, 0.1) is 20.1 Å². The molecule has 1 N–H and O–H groups in total. The van der Waals surface area contributed by atoms with Crippen LogP contribution in [0.15, 0.2) is 42.5 Å². The van der Waals surface area contributed by atoms with E-state index in [2.05, 4.69) is 10.2 Å². The summed E-state index contributed by atoms with van der Waals surface area (Å²) in [6.07, 6.45) is 2.54. The van der Waals surface area contributed by atoms with E-state index in [4.69, 9.17) is 9.47 Å². The summed E-state index contributed by atoms with van der Waals surface area (Å²) < 4.78 is 24.5. The average molecular weight is 400 g/mol. The van der Waals surface area contributed by atoms with Gasteiger partial charge in [0.2, 0.25) is 5.91 Å². The van der Waals surface area contributed by atoms with E-state index >= 15 is 0 Å². The van der Waals surface area contributed by atoms with Crippen LogP contribution in [0.1, 0.15) is 24.0 Å². The van der Waals surface area contributed by atoms with Crippen molar-refractivity contribution < 1.29 is 18.7 Å². The molecule has 156 valence electrons. The van der Waals surface area contributed by atoms with Crippen LogP contribution in [0.5, 0.6) is 11.5 Å². The molecule has 1 atom stereocenters. The average Bonchev–Trinajstić information content (AvgIpc) is 2.75. The number of halogens is 1. The molecular formula is C23H29FN2O3. The number of benzene rings is 2. The van der Waals surface area contributed by atoms with E-state index in [0.717, 1.165) is 31.4 Å². The van der Waals surface area contributed by atoms with Crippen molar-refractivity contribution in [2.24, 2.45) is 5.92 Å². The Balaban J connectivity index is 1.48. The van der Waals surface area contributed by atoms with Gasteiger partial charge in [-0.25, -0.2) is 4.39 Å². The van der Waals surface area contributed by atoms with Crippen LogP contribution < -0.4 is 14.8 Å². The van der Waals surface area contributed by atoms with Gasteiger partial charge in [0, 0.05) is 25.2 Å². The number of hydrogen-bond acceptors (Lipinski definition) is 4. The fourth-order valence-electron chi connectivity index (χ4n) is 3.79. The third kappa shape index (κ3) is 5.70. The van der Waals surface area contributed by atoms with Gasteiger partial charge < -0.3 is 14.8 Å². The molecule has 29 heavy (non-hydrogen) atoms. The van der Waals surface area contributed by atoms with Crippen LogP contribution in [-0.4, -0.2) is 44.7 Å². The highest BCUT2D eigenvalue weighted by molar-refractivity contribution is 5.79. The van der Waals surface area contributed by atoms with Gasteiger partial charge in [-0.1, -0.05) is 24.3 Å². The van der Waals surface area contributed by atoms with E-state index in [0.29, 0.717) is 36.7 Å². The summed E-state index contributed by atoms with van der Waals surface area (Å²) in [6, 6.07) is 12.6. The van der Waals surface area contributed by atoms with Crippen molar-refractivity contribution in [3.05, 3.63) is 59.4 Å². The van der Waals surface area contributed by atoms with E-state index in [1.54, 1.807) is 20.3 Å². The fourth-order valence-corrected chi connectivity index (χ4v) is 3.79. The Labute approximate surface area is 171 Å². The lowest BCUT2D eigenvalue weighted by molar-refractivity contribution is -0.126. The molecule has 0 aliphatic carbocycles. The molecule has 1 fully saturated rings. The number of carbonyl (C=O) groups excluding carboxylic acids is 1. The zero-order valence-electron chi connectivity index (χ0n) is 17.1. The van der Waals surface area contributed by atoms with E-state index in [9.17, 15) is 9.18 Å². The minimum atomic E-state index is -0.186. The number of nitrogens with one attached hydrogen (secondary N) is 1. The number of ether oxygens (including phenoxy) is 2. The normalized spacial score (nSPS) is 17.0. The van der Waals surface area contributed by atoms with Crippen LogP contribution in [0.2, 0.25) is 0 Å². The van der Waals surface area contributed by atoms with Crippen molar-refractivity contribution in [2.75, 3.05) is 33.9 Å². The summed E-state index contributed by atoms with van der Waals surface area (Å²) in [5.74, 6) is 1.21. The molecule has 1 saturated heterocycles. The van der Waals surface area contributed by atoms with Crippen LogP contribution in [0.25, 0.3) is 0 Å². The number of methoxy groups -OCH3 is 2. The van der Waals surface area contributed by atoms with Crippen molar-refractivity contribution in [1.29, 1.82) is 0 Å². The maximum absolute atomic E-state index is 13.9. The molecule has 6 heteroatoms. The van der Waals surface area contributed by atoms with Gasteiger partial charge in [0.15, 0.2) is 11.5 Å². The predicted octanol–water partition coefficient (Wildman–Crippen LogP) is 3.41. The highest BCUT2D eigenvalue weighted by atomic mass is 19.1. The summed E-state index contributed by atoms with van der Waals surface area (Å²) in [5, 5.41) is 3.05. The Morgan fingerprint density at radius 2 is 1.97 bits per heavy atom. The van der Waals surface area contributed by atoms with Gasteiger partial charge in [0.25, 0.3) is 0 Å². The maximum atomic E-state index is 13.9. The minimum absolute atomic E-state index is 0.0547. The van der Waals surface area contributed by atoms with Crippen molar-refractivity contribution >= 4 is 5.91 Å². The third-order valence-electron chi connectivity index (χ3n) is 5.39. The van der Waals surface area contributed by atoms with Gasteiger partial charge >= 0.3 is 0 Å². The second-order valence-electron chi connectivity index (χ2n) is 7.40. The standard InChI is InChI=1S/C23H29FN2O3/c1-28-21-10-9-17(14-22(21)29-2)11-12-25-23(27)19-7-5-13-26(16-19)15-18-6-3-4-8-20(18)24/h3-4,6,8-10,14,19H,5,7,11-13,15-16H2,1-2H3,(H,25,27). The van der Waals surface area contributed by atoms with Gasteiger partial charge in [-0.05, 0) is 49.6 Å². The second-order valence-corrected chi connectivity index (χ2v) is 7.40. The number of nitrogens with zero attached hydrogens (tertiary/aromatic N) is 1. The lowest BCUT2D eigenvalue weighted by Crippen LogP contribution is -2.43. The number of carbonyl (C=O) groups is 1. The molecule has 0 saturated carbocycles. The number of piperidine rings is 1. The fraction of sp³-hybridized carbons (Fsp3) is 0.435. The molecule has 0 radical (unpaired) electrons. The van der Waals surface area contributed by atoms with E-state index in [1.165, 1.54) is 6.07 Å². The highest BCUT2D eigenvalue weighted by Crippen LogP contribution is 2.27. The highest BCUT2D eigenvalue weighted by Gasteiger charge is 2.26. The topological polar surface area (TPSA) is 50.8 Å². The minimum Gasteiger partial charge on any atom is -0.493 e. The van der Waals surface area contributed by atoms with Gasteiger partial charge in [-0.3, -0.25) is 9.69 Å². The van der Waals surface area contributed by atoms with Crippen molar-refractivity contribution in [3.63, 3.8) is 0 Å². The van der Waals surface area contributed by atoms with Crippen molar-refractivity contribution in [2.45, 2.75) is 25.8 Å². The first-order valence-corrected chi connectivity index (χ1v) is 10.0. The van der Waals surface area contributed by atoms with E-state index in [1.807, 2.05) is 30.3 Å². The SMILES string of the molecule is COc1ccc(CCNC(=O)C2CCCN(Cc3ccccc3F)C2)cc1OC. The first-order chi connectivity index (χ1) is 14.1. The first kappa shape index (κ1) is 21.1. The Morgan fingerprint density at radius 3 is 2.72 bits per heavy atom. The molecule has 0 bridgehead atoms. The summed E-state index contributed by atoms with van der Waals surface area (Å²) in [6.45, 7) is 2.67. The van der Waals surface area contributed by atoms with Crippen molar-refractivity contribution in [1.82, 2.24) is 10.2 Å². The summed E-state index contributed by atoms with van der Waals surface area (Å²) in [5.41, 5.74) is 1.76. The Bertz CT molecular complexity index is 828. The molecule has 1 amide bonds. The van der Waals surface area contributed by atoms with Crippen LogP contribution >= 0.6 is 0 Å². The molecule has 0 aromatic heterocycles. The smallest absolute Gasteiger partial charge is 0.224 e. The molecule has 1 unspecified atom stereocenters. The third-order valence-corrected chi connectivity index (χ3v) is 5.39. The summed E-state index contributed by atoms with van der Waals surface area (Å²) in [7, 11) is 3.22. The van der Waals surface area contributed by atoms with E-state index in [-0.39, 0.29) is 17.6 Å². The molecule has 1 heterocycles. The Kier molecular flexibility index (Phi) is 7.47. The quantitative estimate of drug-likeness (QED) is 0.738. The first-order valence-electron chi connectivity index (χ1n) is 10.0. The molecule has 1 aliphatic rings. The molecular weight excluding hydrogens is 371 g/mol. The Morgan fingerprint density at radius 1 is 1.17 bits per heavy atom. The lowest BCUT2D eigenvalue weighted by Gasteiger charge is -2.32. The summed E-state index contributed by atoms with van der Waals surface area (Å²) >= 11 is 0. The van der Waals surface area contributed by atoms with Crippen LogP contribution in [0.3, 0.4) is 0 Å². The Hall–Kier alpha value is -2.60. The maximum Gasteiger partial charge on any atom is 0.224 e. The summed E-state index contributed by atoms with van der Waals surface area (Å²) in [4.78, 5) is 14.8. The zero-order chi connectivity index (χ0) is 20.6. The predicted molar refractivity (Wildman–Crippen MR) is 111 cm³/mol. The van der Waals surface area contributed by atoms with Crippen LogP contribution in [0.4, 0.5) is 4.39 Å². The number of amides is 1. The van der Waals surface area contributed by atoms with Gasteiger partial charge in [0.1, 0.15) is 5.82 Å². The largest absolute Gasteiger partial charge is 0.493 e. The number of likely N-dealkylation sites (tertiary alicyclic amines) is 1. The van der Waals surface area contributed by atoms with Crippen molar-refractivity contribution in [3.8, 4) is 11.5 Å². The van der Waals surface area contributed by atoms with Crippen LogP contribution in [-0.2, 0) is 17.8 Å². The molecule has 0 spiro atoms. The molecule has 3 rings (SSSR count). The van der Waals surface area contributed by atoms with Gasteiger partial charge in [-0.2, -0.15) is 0 Å². The number of rotatable bonds is 8. The number of hydrogen-bond donors (Lipinski definition) is 1. The van der Waals surface area contributed by atoms with Crippen LogP contribution in [0, 0.1) is 11.7 Å².